The maximum atomic E-state index is 10.6. The Hall–Kier alpha value is -2.13. The number of carbonyl (C=O) groups is 2. The van der Waals surface area contributed by atoms with Crippen LogP contribution in [0.5, 0.6) is 0 Å². The van der Waals surface area contributed by atoms with E-state index in [-0.39, 0.29) is 0 Å². The summed E-state index contributed by atoms with van der Waals surface area (Å²) in [6, 6.07) is 6.36. The minimum atomic E-state index is 0.461. The zero-order valence-corrected chi connectivity index (χ0v) is 11.0. The molecule has 1 saturated carbocycles. The number of rotatable bonds is 2. The summed E-state index contributed by atoms with van der Waals surface area (Å²) in [7, 11) is 0. The van der Waals surface area contributed by atoms with Crippen LogP contribution in [0.3, 0.4) is 0 Å². The quantitative estimate of drug-likeness (QED) is 0.345. The Morgan fingerprint density at radius 2 is 1.84 bits per heavy atom. The van der Waals surface area contributed by atoms with E-state index >= 15 is 0 Å². The van der Waals surface area contributed by atoms with Crippen molar-refractivity contribution in [3.8, 4) is 0 Å². The lowest BCUT2D eigenvalue weighted by molar-refractivity contribution is -0.120. The standard InChI is InChI=1S/C7H5N3O.C7H12O/c8-10-9-7-3-1-6(5-11)2-4-7;1-6-2-4-7(8)5-3-6/h1-5H;6H,2-5H2,1H3. The lowest BCUT2D eigenvalue weighted by Gasteiger charge is -2.14. The van der Waals surface area contributed by atoms with Gasteiger partial charge in [0.1, 0.15) is 12.1 Å². The fourth-order valence-electron chi connectivity index (χ4n) is 1.76. The van der Waals surface area contributed by atoms with Crippen molar-refractivity contribution in [3.63, 3.8) is 0 Å². The topological polar surface area (TPSA) is 82.9 Å². The lowest BCUT2D eigenvalue weighted by Crippen LogP contribution is -2.10. The van der Waals surface area contributed by atoms with E-state index in [1.165, 1.54) is 0 Å². The fourth-order valence-corrected chi connectivity index (χ4v) is 1.76. The molecule has 5 heteroatoms. The van der Waals surface area contributed by atoms with Gasteiger partial charge in [-0.3, -0.25) is 9.59 Å². The van der Waals surface area contributed by atoms with E-state index in [4.69, 9.17) is 5.53 Å². The van der Waals surface area contributed by atoms with Crippen LogP contribution in [-0.2, 0) is 4.79 Å². The summed E-state index contributed by atoms with van der Waals surface area (Å²) in [5.41, 5.74) is 9.12. The number of hydrogen-bond acceptors (Lipinski definition) is 3. The Kier molecular flexibility index (Phi) is 6.33. The molecule has 1 aliphatic rings. The zero-order valence-electron chi connectivity index (χ0n) is 11.0. The third-order valence-electron chi connectivity index (χ3n) is 3.02. The van der Waals surface area contributed by atoms with Crippen LogP contribution in [0.4, 0.5) is 5.69 Å². The molecule has 1 aliphatic carbocycles. The monoisotopic (exact) mass is 259 g/mol. The number of aldehydes is 1. The predicted molar refractivity (Wildman–Crippen MR) is 73.3 cm³/mol. The highest BCUT2D eigenvalue weighted by atomic mass is 16.1. The minimum Gasteiger partial charge on any atom is -0.300 e. The molecule has 0 heterocycles. The van der Waals surface area contributed by atoms with Gasteiger partial charge in [-0.15, -0.1) is 0 Å². The molecule has 0 bridgehead atoms. The van der Waals surface area contributed by atoms with Crippen LogP contribution in [0, 0.1) is 5.92 Å². The van der Waals surface area contributed by atoms with Crippen molar-refractivity contribution >= 4 is 17.8 Å². The Bertz CT molecular complexity index is 466. The molecule has 0 amide bonds. The van der Waals surface area contributed by atoms with Gasteiger partial charge in [0.25, 0.3) is 0 Å². The second-order valence-electron chi connectivity index (χ2n) is 4.62. The average molecular weight is 259 g/mol. The first-order valence-corrected chi connectivity index (χ1v) is 6.27. The summed E-state index contributed by atoms with van der Waals surface area (Å²) in [6.07, 6.45) is 4.65. The van der Waals surface area contributed by atoms with Gasteiger partial charge in [0.15, 0.2) is 0 Å². The second kappa shape index (κ2) is 8.06. The first kappa shape index (κ1) is 14.9. The zero-order chi connectivity index (χ0) is 14.1. The molecule has 1 aromatic rings. The molecule has 100 valence electrons. The van der Waals surface area contributed by atoms with Crippen molar-refractivity contribution in [2.24, 2.45) is 11.0 Å². The molecule has 1 aromatic carbocycles. The van der Waals surface area contributed by atoms with Gasteiger partial charge in [0.05, 0.1) is 0 Å². The smallest absolute Gasteiger partial charge is 0.150 e. The van der Waals surface area contributed by atoms with Gasteiger partial charge in [-0.25, -0.2) is 0 Å². The Balaban J connectivity index is 0.000000200. The van der Waals surface area contributed by atoms with Crippen molar-refractivity contribution in [2.75, 3.05) is 0 Å². The van der Waals surface area contributed by atoms with Crippen LogP contribution < -0.4 is 0 Å². The second-order valence-corrected chi connectivity index (χ2v) is 4.62. The number of benzene rings is 1. The van der Waals surface area contributed by atoms with Crippen molar-refractivity contribution < 1.29 is 9.59 Å². The number of carbonyl (C=O) groups excluding carboxylic acids is 2. The SMILES string of the molecule is CC1CCC(=O)CC1.[N-]=[N+]=Nc1ccc(C=O)cc1. The van der Waals surface area contributed by atoms with E-state index in [9.17, 15) is 9.59 Å². The van der Waals surface area contributed by atoms with Gasteiger partial charge in [0, 0.05) is 29.0 Å². The summed E-state index contributed by atoms with van der Waals surface area (Å²) in [6.45, 7) is 2.21. The molecule has 2 rings (SSSR count). The van der Waals surface area contributed by atoms with E-state index < -0.39 is 0 Å². The average Bonchev–Trinajstić information content (AvgIpc) is 2.44. The first-order chi connectivity index (χ1) is 9.15. The van der Waals surface area contributed by atoms with Gasteiger partial charge in [0.2, 0.25) is 0 Å². The van der Waals surface area contributed by atoms with E-state index in [0.29, 0.717) is 17.0 Å². The summed E-state index contributed by atoms with van der Waals surface area (Å²) < 4.78 is 0. The maximum Gasteiger partial charge on any atom is 0.150 e. The number of ketones is 1. The van der Waals surface area contributed by atoms with Crippen LogP contribution in [0.1, 0.15) is 43.0 Å². The van der Waals surface area contributed by atoms with E-state index in [2.05, 4.69) is 16.9 Å². The lowest BCUT2D eigenvalue weighted by atomic mass is 9.90. The number of azide groups is 1. The van der Waals surface area contributed by atoms with Gasteiger partial charge in [-0.1, -0.05) is 36.3 Å². The van der Waals surface area contributed by atoms with E-state index in [0.717, 1.165) is 37.9 Å². The van der Waals surface area contributed by atoms with Crippen molar-refractivity contribution in [2.45, 2.75) is 32.6 Å². The first-order valence-electron chi connectivity index (χ1n) is 6.27. The van der Waals surface area contributed by atoms with Crippen LogP contribution in [0.25, 0.3) is 10.4 Å². The third-order valence-corrected chi connectivity index (χ3v) is 3.02. The molecule has 5 nitrogen and oxygen atoms in total. The third kappa shape index (κ3) is 5.84. The fraction of sp³-hybridized carbons (Fsp3) is 0.429. The van der Waals surface area contributed by atoms with Gasteiger partial charge in [-0.05, 0) is 24.3 Å². The van der Waals surface area contributed by atoms with Crippen LogP contribution in [0.15, 0.2) is 29.4 Å². The number of Topliss-reactive ketones (excluding diaryl/α,β-unsaturated/α-hetero) is 1. The Morgan fingerprint density at radius 3 is 2.26 bits per heavy atom. The molecule has 0 spiro atoms. The normalized spacial score (nSPS) is 14.9. The molecule has 19 heavy (non-hydrogen) atoms. The molecule has 0 aliphatic heterocycles. The largest absolute Gasteiger partial charge is 0.300 e. The van der Waals surface area contributed by atoms with Crippen LogP contribution in [-0.4, -0.2) is 12.1 Å². The molecule has 0 radical (unpaired) electrons. The highest BCUT2D eigenvalue weighted by Gasteiger charge is 2.13. The highest BCUT2D eigenvalue weighted by Crippen LogP contribution is 2.19. The summed E-state index contributed by atoms with van der Waals surface area (Å²) >= 11 is 0. The Labute approximate surface area is 112 Å². The van der Waals surface area contributed by atoms with Crippen LogP contribution >= 0.6 is 0 Å². The van der Waals surface area contributed by atoms with E-state index in [1.807, 2.05) is 0 Å². The Morgan fingerprint density at radius 1 is 1.26 bits per heavy atom. The van der Waals surface area contributed by atoms with Crippen molar-refractivity contribution in [1.82, 2.24) is 0 Å². The molecule has 0 saturated heterocycles. The van der Waals surface area contributed by atoms with Gasteiger partial charge in [-0.2, -0.15) is 0 Å². The van der Waals surface area contributed by atoms with Gasteiger partial charge >= 0.3 is 0 Å². The molecule has 0 aromatic heterocycles. The van der Waals surface area contributed by atoms with Crippen LogP contribution in [0.2, 0.25) is 0 Å². The maximum absolute atomic E-state index is 10.6. The van der Waals surface area contributed by atoms with Crippen molar-refractivity contribution in [1.29, 1.82) is 0 Å². The number of hydrogen-bond donors (Lipinski definition) is 0. The summed E-state index contributed by atoms with van der Waals surface area (Å²) in [4.78, 5) is 23.4. The molecular weight excluding hydrogens is 242 g/mol. The molecule has 0 unspecified atom stereocenters. The highest BCUT2D eigenvalue weighted by molar-refractivity contribution is 5.79. The van der Waals surface area contributed by atoms with E-state index in [1.54, 1.807) is 24.3 Å². The minimum absolute atomic E-state index is 0.461. The van der Waals surface area contributed by atoms with Crippen molar-refractivity contribution in [3.05, 3.63) is 40.3 Å². The molecule has 0 atom stereocenters. The number of nitrogens with zero attached hydrogens (tertiary/aromatic N) is 3. The molecular formula is C14H17N3O2. The van der Waals surface area contributed by atoms with Gasteiger partial charge < -0.3 is 0 Å². The predicted octanol–water partition coefficient (Wildman–Crippen LogP) is 4.21. The summed E-state index contributed by atoms with van der Waals surface area (Å²) in [5.74, 6) is 1.26. The summed E-state index contributed by atoms with van der Waals surface area (Å²) in [5, 5.41) is 3.35. The molecule has 1 fully saturated rings. The molecule has 0 N–H and O–H groups in total.